The predicted octanol–water partition coefficient (Wildman–Crippen LogP) is -2.23. The van der Waals surface area contributed by atoms with Gasteiger partial charge in [-0.05, 0) is 47.2 Å². The number of morpholine rings is 3. The van der Waals surface area contributed by atoms with Gasteiger partial charge in [-0.3, -0.25) is 37.9 Å². The topological polar surface area (TPSA) is 302 Å². The number of rotatable bonds is 14. The second-order valence-electron chi connectivity index (χ2n) is 14.5. The molecule has 27 heteroatoms. The molecule has 0 aliphatic carbocycles. The van der Waals surface area contributed by atoms with Crippen LogP contribution in [0.1, 0.15) is 24.1 Å². The van der Waals surface area contributed by atoms with Crippen LogP contribution in [0.15, 0.2) is 49.9 Å². The van der Waals surface area contributed by atoms with Crippen LogP contribution in [0, 0.1) is 6.92 Å². The second kappa shape index (κ2) is 18.4. The third-order valence-corrected chi connectivity index (χ3v) is 15.1. The number of hydrogen-bond acceptors (Lipinski definition) is 17. The van der Waals surface area contributed by atoms with Crippen molar-refractivity contribution in [2.75, 3.05) is 98.9 Å². The maximum Gasteiger partial charge on any atom is 0.350 e. The first-order valence-corrected chi connectivity index (χ1v) is 21.6. The molecule has 0 aromatic carbocycles. The van der Waals surface area contributed by atoms with E-state index < -0.39 is 88.1 Å². The van der Waals surface area contributed by atoms with Crippen molar-refractivity contribution in [1.82, 2.24) is 52.7 Å². The molecule has 6 heterocycles. The Morgan fingerprint density at radius 2 is 1.46 bits per heavy atom. The molecule has 8 atom stereocenters. The average molecular weight is 872 g/mol. The smallest absolute Gasteiger partial charge is 0.350 e. The Kier molecular flexibility index (Phi) is 13.9. The SMILES string of the molecule is Cc1cn(C2CN(P(=O)(OCC3CNC(n4ccc(N)nc4=O)CO3)N(C)C)CC(COP(=O)(N(C)C)N3CC(CO)OCC3n3ccc(N)nc3=O)O2)c(=O)[nH]c1=O. The molecule has 0 saturated carbocycles. The molecule has 0 spiro atoms. The molecule has 0 amide bonds. The number of aromatic nitrogens is 6. The summed E-state index contributed by atoms with van der Waals surface area (Å²) < 4.78 is 70.0. The Morgan fingerprint density at radius 1 is 0.847 bits per heavy atom. The average Bonchev–Trinajstić information content (AvgIpc) is 3.20. The van der Waals surface area contributed by atoms with Crippen molar-refractivity contribution < 1.29 is 37.5 Å². The monoisotopic (exact) mass is 871 g/mol. The summed E-state index contributed by atoms with van der Waals surface area (Å²) in [5.74, 6) is 0.0769. The van der Waals surface area contributed by atoms with Crippen LogP contribution in [0.25, 0.3) is 0 Å². The highest BCUT2D eigenvalue weighted by Crippen LogP contribution is 2.58. The van der Waals surface area contributed by atoms with Crippen LogP contribution < -0.4 is 39.4 Å². The van der Waals surface area contributed by atoms with E-state index in [4.69, 9.17) is 34.7 Å². The minimum atomic E-state index is -4.12. The van der Waals surface area contributed by atoms with Gasteiger partial charge < -0.3 is 39.8 Å². The number of anilines is 2. The van der Waals surface area contributed by atoms with Gasteiger partial charge in [0.15, 0.2) is 6.23 Å². The number of nitrogen functional groups attached to an aromatic ring is 2. The fraction of sp³-hybridized carbons (Fsp3) is 0.625. The van der Waals surface area contributed by atoms with E-state index in [1.54, 1.807) is 14.1 Å². The van der Waals surface area contributed by atoms with Gasteiger partial charge in [0.05, 0.1) is 57.9 Å². The number of aliphatic hydroxyl groups excluding tert-OH is 1. The van der Waals surface area contributed by atoms with E-state index in [0.29, 0.717) is 0 Å². The molecule has 3 aliphatic heterocycles. The lowest BCUT2D eigenvalue weighted by atomic mass is 10.3. The number of aryl methyl sites for hydroxylation is 1. The molecule has 3 aromatic rings. The zero-order chi connectivity index (χ0) is 42.8. The van der Waals surface area contributed by atoms with E-state index in [0.717, 1.165) is 4.57 Å². The van der Waals surface area contributed by atoms with Crippen molar-refractivity contribution in [3.63, 3.8) is 0 Å². The molecule has 3 aromatic heterocycles. The largest absolute Gasteiger partial charge is 0.394 e. The first kappa shape index (κ1) is 44.6. The third kappa shape index (κ3) is 9.67. The Balaban J connectivity index is 1.25. The zero-order valence-electron chi connectivity index (χ0n) is 33.2. The van der Waals surface area contributed by atoms with Crippen molar-refractivity contribution >= 4 is 27.0 Å². The number of ether oxygens (including phenoxy) is 3. The van der Waals surface area contributed by atoms with Crippen molar-refractivity contribution in [3.8, 4) is 0 Å². The highest BCUT2D eigenvalue weighted by Gasteiger charge is 2.47. The van der Waals surface area contributed by atoms with Crippen LogP contribution in [0.2, 0.25) is 0 Å². The van der Waals surface area contributed by atoms with Crippen LogP contribution in [0.4, 0.5) is 11.6 Å². The lowest BCUT2D eigenvalue weighted by Crippen LogP contribution is -2.52. The second-order valence-corrected chi connectivity index (χ2v) is 19.7. The molecule has 326 valence electrons. The van der Waals surface area contributed by atoms with E-state index in [9.17, 15) is 28.8 Å². The van der Waals surface area contributed by atoms with Crippen LogP contribution in [0.5, 0.6) is 0 Å². The van der Waals surface area contributed by atoms with E-state index in [1.165, 1.54) is 79.6 Å². The number of H-pyrrole nitrogens is 1. The molecule has 7 N–H and O–H groups in total. The third-order valence-electron chi connectivity index (χ3n) is 9.99. The standard InChI is InChI=1S/C32H51N13O12P2/c1-20-11-44(32(50)38-29(20)47)28-14-41(58(51,39(2)3)55-16-21-10-35-26(18-53-21)42-8-6-24(33)36-30(42)48)12-23(57-28)17-56-59(52,40(4)5)45-13-22(15-46)54-19-27(45)43-9-7-25(34)37-31(43)49/h6-9,11,21-23,26-28,35,46H,10,12-19H2,1-5H3,(H2,33,36,48)(H2,34,37,49)(H,38,47,50). The van der Waals surface area contributed by atoms with Gasteiger partial charge in [-0.15, -0.1) is 0 Å². The molecule has 59 heavy (non-hydrogen) atoms. The molecule has 3 aliphatic rings. The van der Waals surface area contributed by atoms with Gasteiger partial charge in [0.1, 0.15) is 24.0 Å². The van der Waals surface area contributed by atoms with Crippen molar-refractivity contribution in [2.24, 2.45) is 0 Å². The van der Waals surface area contributed by atoms with Gasteiger partial charge in [0.25, 0.3) is 5.56 Å². The summed E-state index contributed by atoms with van der Waals surface area (Å²) in [6.45, 7) is 0.306. The minimum Gasteiger partial charge on any atom is -0.394 e. The lowest BCUT2D eigenvalue weighted by molar-refractivity contribution is -0.123. The number of hydrogen-bond donors (Lipinski definition) is 5. The number of aromatic amines is 1. The van der Waals surface area contributed by atoms with Crippen LogP contribution in [-0.2, 0) is 32.4 Å². The highest BCUT2D eigenvalue weighted by atomic mass is 31.2. The first-order chi connectivity index (χ1) is 27.9. The van der Waals surface area contributed by atoms with Crippen molar-refractivity contribution in [1.29, 1.82) is 0 Å². The predicted molar refractivity (Wildman–Crippen MR) is 211 cm³/mol. The van der Waals surface area contributed by atoms with Gasteiger partial charge in [-0.25, -0.2) is 28.4 Å². The van der Waals surface area contributed by atoms with Crippen molar-refractivity contribution in [3.05, 3.63) is 78.1 Å². The summed E-state index contributed by atoms with van der Waals surface area (Å²) in [5, 5.41) is 13.2. The lowest BCUT2D eigenvalue weighted by Gasteiger charge is -2.46. The number of aliphatic hydroxyl groups is 1. The maximum absolute atomic E-state index is 15.1. The highest BCUT2D eigenvalue weighted by molar-refractivity contribution is 7.54. The van der Waals surface area contributed by atoms with Gasteiger partial charge in [0, 0.05) is 43.8 Å². The molecule has 0 bridgehead atoms. The Labute approximate surface area is 337 Å². The summed E-state index contributed by atoms with van der Waals surface area (Å²) in [6.07, 6.45) is -0.836. The van der Waals surface area contributed by atoms with Crippen LogP contribution in [-0.4, -0.2) is 158 Å². The quantitative estimate of drug-likeness (QED) is 0.107. The van der Waals surface area contributed by atoms with Gasteiger partial charge in [-0.2, -0.15) is 14.6 Å². The first-order valence-electron chi connectivity index (χ1n) is 18.5. The Morgan fingerprint density at radius 3 is 2.05 bits per heavy atom. The summed E-state index contributed by atoms with van der Waals surface area (Å²) in [6, 6.07) is 2.90. The Hall–Kier alpha value is -3.94. The normalized spacial score (nSPS) is 26.8. The van der Waals surface area contributed by atoms with E-state index >= 15 is 4.57 Å². The number of nitrogens with zero attached hydrogens (tertiary/aromatic N) is 9. The summed E-state index contributed by atoms with van der Waals surface area (Å²) in [7, 11) is -1.92. The van der Waals surface area contributed by atoms with Crippen LogP contribution >= 0.6 is 15.3 Å². The van der Waals surface area contributed by atoms with Crippen molar-refractivity contribution in [2.45, 2.75) is 43.8 Å². The van der Waals surface area contributed by atoms with Gasteiger partial charge >= 0.3 is 32.4 Å². The van der Waals surface area contributed by atoms with Gasteiger partial charge in [0.2, 0.25) is 0 Å². The molecular formula is C32H51N13O12P2. The number of nitrogens with one attached hydrogen (secondary N) is 2. The molecular weight excluding hydrogens is 820 g/mol. The molecule has 6 rings (SSSR count). The van der Waals surface area contributed by atoms with Crippen LogP contribution in [0.3, 0.4) is 0 Å². The minimum absolute atomic E-state index is 0.0131. The zero-order valence-corrected chi connectivity index (χ0v) is 35.0. The number of nitrogens with two attached hydrogens (primary N) is 2. The van der Waals surface area contributed by atoms with E-state index in [-0.39, 0.29) is 63.2 Å². The summed E-state index contributed by atoms with van der Waals surface area (Å²) >= 11 is 0. The molecule has 0 radical (unpaired) electrons. The summed E-state index contributed by atoms with van der Waals surface area (Å²) in [5.41, 5.74) is 8.90. The molecule has 3 fully saturated rings. The van der Waals surface area contributed by atoms with E-state index in [1.807, 2.05) is 0 Å². The summed E-state index contributed by atoms with van der Waals surface area (Å²) in [4.78, 5) is 60.6. The Bertz CT molecular complexity index is 2300. The fourth-order valence-corrected chi connectivity index (χ4v) is 10.9. The maximum atomic E-state index is 15.1. The molecule has 8 unspecified atom stereocenters. The van der Waals surface area contributed by atoms with E-state index in [2.05, 4.69) is 20.3 Å². The molecule has 25 nitrogen and oxygen atoms in total. The fourth-order valence-electron chi connectivity index (χ4n) is 6.79. The molecule has 3 saturated heterocycles. The van der Waals surface area contributed by atoms with Gasteiger partial charge in [-0.1, -0.05) is 0 Å².